The van der Waals surface area contributed by atoms with E-state index in [1.54, 1.807) is 17.4 Å². The van der Waals surface area contributed by atoms with Crippen LogP contribution in [0, 0.1) is 6.92 Å². The zero-order chi connectivity index (χ0) is 12.6. The number of thiophene rings is 1. The Kier molecular flexibility index (Phi) is 4.59. The van der Waals surface area contributed by atoms with Crippen molar-refractivity contribution in [3.8, 4) is 0 Å². The van der Waals surface area contributed by atoms with Gasteiger partial charge in [-0.2, -0.15) is 0 Å². The van der Waals surface area contributed by atoms with Crippen LogP contribution in [0.25, 0.3) is 0 Å². The number of halogens is 4. The Morgan fingerprint density at radius 3 is 2.53 bits per heavy atom. The van der Waals surface area contributed by atoms with Crippen molar-refractivity contribution in [2.75, 3.05) is 0 Å². The van der Waals surface area contributed by atoms with Crippen LogP contribution >= 0.6 is 66.4 Å². The fourth-order valence-corrected chi connectivity index (χ4v) is 4.36. The molecule has 0 radical (unpaired) electrons. The van der Waals surface area contributed by atoms with E-state index < -0.39 is 0 Å². The second-order valence-corrected chi connectivity index (χ2v) is 7.48. The van der Waals surface area contributed by atoms with Crippen molar-refractivity contribution in [3.63, 3.8) is 0 Å². The van der Waals surface area contributed by atoms with Gasteiger partial charge in [0.05, 0.1) is 4.83 Å². The molecule has 17 heavy (non-hydrogen) atoms. The van der Waals surface area contributed by atoms with Crippen molar-refractivity contribution in [3.05, 3.63) is 54.1 Å². The maximum absolute atomic E-state index is 6.19. The number of alkyl halides is 1. The van der Waals surface area contributed by atoms with E-state index in [2.05, 4.69) is 44.8 Å². The zero-order valence-corrected chi connectivity index (χ0v) is 14.3. The maximum atomic E-state index is 6.19. The summed E-state index contributed by atoms with van der Waals surface area (Å²) < 4.78 is 1.13. The van der Waals surface area contributed by atoms with Crippen LogP contribution in [0.4, 0.5) is 0 Å². The summed E-state index contributed by atoms with van der Waals surface area (Å²) in [6.45, 7) is 2.08. The minimum atomic E-state index is 0.0729. The van der Waals surface area contributed by atoms with Gasteiger partial charge in [-0.15, -0.1) is 11.3 Å². The lowest BCUT2D eigenvalue weighted by Gasteiger charge is -2.10. The average Bonchev–Trinajstić information content (AvgIpc) is 2.62. The van der Waals surface area contributed by atoms with Gasteiger partial charge in [0.2, 0.25) is 0 Å². The molecule has 5 heteroatoms. The van der Waals surface area contributed by atoms with Crippen molar-refractivity contribution in [2.45, 2.75) is 11.8 Å². The van der Waals surface area contributed by atoms with Crippen LogP contribution in [0.15, 0.2) is 28.7 Å². The summed E-state index contributed by atoms with van der Waals surface area (Å²) >= 11 is 21.1. The highest BCUT2D eigenvalue weighted by Crippen LogP contribution is 2.41. The predicted octanol–water partition coefficient (Wildman–Crippen LogP) is 6.61. The Morgan fingerprint density at radius 2 is 1.94 bits per heavy atom. The first-order valence-corrected chi connectivity index (χ1v) is 8.12. The molecule has 0 saturated carbocycles. The summed E-state index contributed by atoms with van der Waals surface area (Å²) in [4.78, 5) is 2.53. The number of rotatable bonds is 2. The molecule has 0 spiro atoms. The van der Waals surface area contributed by atoms with Gasteiger partial charge >= 0.3 is 0 Å². The zero-order valence-electron chi connectivity index (χ0n) is 8.81. The Hall–Kier alpha value is 0.460. The number of aryl methyl sites for hydroxylation is 1. The van der Waals surface area contributed by atoms with Gasteiger partial charge in [-0.25, -0.2) is 0 Å². The lowest BCUT2D eigenvalue weighted by molar-refractivity contribution is 1.22. The SMILES string of the molecule is Cc1sc(C(Br)c2cc(Cl)ccc2Cl)cc1Br. The quantitative estimate of drug-likeness (QED) is 0.485. The molecule has 90 valence electrons. The molecule has 0 fully saturated rings. The lowest BCUT2D eigenvalue weighted by atomic mass is 10.1. The molecule has 0 saturated heterocycles. The van der Waals surface area contributed by atoms with Crippen molar-refractivity contribution < 1.29 is 0 Å². The second kappa shape index (κ2) is 5.62. The standard InChI is InChI=1S/C12H8Br2Cl2S/c1-6-9(13)5-11(17-6)12(14)8-4-7(15)2-3-10(8)16/h2-5,12H,1H3. The third-order valence-corrected chi connectivity index (χ3v) is 6.43. The number of benzene rings is 1. The molecule has 0 aliphatic carbocycles. The molecule has 0 amide bonds. The third-order valence-electron chi connectivity index (χ3n) is 2.36. The predicted molar refractivity (Wildman–Crippen MR) is 84.0 cm³/mol. The highest BCUT2D eigenvalue weighted by atomic mass is 79.9. The van der Waals surface area contributed by atoms with Gasteiger partial charge < -0.3 is 0 Å². The summed E-state index contributed by atoms with van der Waals surface area (Å²) in [5.74, 6) is 0. The largest absolute Gasteiger partial charge is 0.143 e. The molecule has 1 aromatic heterocycles. The molecular formula is C12H8Br2Cl2S. The first kappa shape index (κ1) is 13.9. The van der Waals surface area contributed by atoms with Crippen LogP contribution in [0.1, 0.15) is 20.1 Å². The fourth-order valence-electron chi connectivity index (χ4n) is 1.47. The smallest absolute Gasteiger partial charge is 0.0753 e. The normalized spacial score (nSPS) is 12.8. The number of hydrogen-bond acceptors (Lipinski definition) is 1. The topological polar surface area (TPSA) is 0 Å². The van der Waals surface area contributed by atoms with Crippen LogP contribution in [-0.4, -0.2) is 0 Å². The van der Waals surface area contributed by atoms with Crippen molar-refractivity contribution >= 4 is 66.4 Å². The van der Waals surface area contributed by atoms with Gasteiger partial charge in [0.1, 0.15) is 0 Å². The van der Waals surface area contributed by atoms with E-state index in [1.165, 1.54) is 9.75 Å². The molecule has 0 aliphatic rings. The van der Waals surface area contributed by atoms with E-state index in [0.717, 1.165) is 15.1 Å². The maximum Gasteiger partial charge on any atom is 0.0753 e. The molecular weight excluding hydrogens is 407 g/mol. The van der Waals surface area contributed by atoms with Gasteiger partial charge in [-0.3, -0.25) is 0 Å². The van der Waals surface area contributed by atoms with E-state index in [-0.39, 0.29) is 4.83 Å². The minimum Gasteiger partial charge on any atom is -0.143 e. The molecule has 0 aliphatic heterocycles. The summed E-state index contributed by atoms with van der Waals surface area (Å²) in [6, 6.07) is 7.62. The number of hydrogen-bond donors (Lipinski definition) is 0. The molecule has 2 rings (SSSR count). The molecule has 0 N–H and O–H groups in total. The first-order chi connectivity index (χ1) is 7.99. The van der Waals surface area contributed by atoms with E-state index in [1.807, 2.05) is 12.1 Å². The molecule has 0 nitrogen and oxygen atoms in total. The molecule has 0 bridgehead atoms. The molecule has 1 atom stereocenters. The van der Waals surface area contributed by atoms with Crippen molar-refractivity contribution in [2.24, 2.45) is 0 Å². The van der Waals surface area contributed by atoms with Crippen molar-refractivity contribution in [1.29, 1.82) is 0 Å². The summed E-state index contributed by atoms with van der Waals surface area (Å²) in [7, 11) is 0. The van der Waals surface area contributed by atoms with E-state index >= 15 is 0 Å². The Morgan fingerprint density at radius 1 is 1.24 bits per heavy atom. The van der Waals surface area contributed by atoms with E-state index in [4.69, 9.17) is 23.2 Å². The minimum absolute atomic E-state index is 0.0729. The third kappa shape index (κ3) is 3.07. The molecule has 2 aromatic rings. The van der Waals surface area contributed by atoms with Gasteiger partial charge in [0.25, 0.3) is 0 Å². The highest BCUT2D eigenvalue weighted by Gasteiger charge is 2.17. The van der Waals surface area contributed by atoms with Crippen LogP contribution < -0.4 is 0 Å². The van der Waals surface area contributed by atoms with Crippen LogP contribution in [0.2, 0.25) is 10.0 Å². The summed E-state index contributed by atoms with van der Waals surface area (Å²) in [5.41, 5.74) is 0.993. The van der Waals surface area contributed by atoms with Crippen molar-refractivity contribution in [1.82, 2.24) is 0 Å². The lowest BCUT2D eigenvalue weighted by Crippen LogP contribution is -1.90. The van der Waals surface area contributed by atoms with E-state index in [9.17, 15) is 0 Å². The van der Waals surface area contributed by atoms with Gasteiger partial charge in [0.15, 0.2) is 0 Å². The van der Waals surface area contributed by atoms with Gasteiger partial charge in [-0.05, 0) is 52.7 Å². The van der Waals surface area contributed by atoms with Gasteiger partial charge in [0, 0.05) is 24.3 Å². The monoisotopic (exact) mass is 412 g/mol. The van der Waals surface area contributed by atoms with Crippen LogP contribution in [0.3, 0.4) is 0 Å². The molecule has 1 heterocycles. The average molecular weight is 415 g/mol. The fraction of sp³-hybridized carbons (Fsp3) is 0.167. The summed E-state index contributed by atoms with van der Waals surface area (Å²) in [6.07, 6.45) is 0. The van der Waals surface area contributed by atoms with E-state index in [0.29, 0.717) is 5.02 Å². The van der Waals surface area contributed by atoms with Crippen LogP contribution in [-0.2, 0) is 0 Å². The molecule has 1 unspecified atom stereocenters. The van der Waals surface area contributed by atoms with Crippen LogP contribution in [0.5, 0.6) is 0 Å². The second-order valence-electron chi connectivity index (χ2n) is 3.58. The first-order valence-electron chi connectivity index (χ1n) is 4.84. The van der Waals surface area contributed by atoms with Gasteiger partial charge in [-0.1, -0.05) is 39.1 Å². The summed E-state index contributed by atoms with van der Waals surface area (Å²) in [5, 5.41) is 1.42. The Bertz CT molecular complexity index is 532. The highest BCUT2D eigenvalue weighted by molar-refractivity contribution is 9.10. The molecule has 1 aromatic carbocycles. The Balaban J connectivity index is 2.42. The Labute approximate surface area is 131 Å².